The monoisotopic (exact) mass is 595 g/mol. The summed E-state index contributed by atoms with van der Waals surface area (Å²) in [5.41, 5.74) is 1.07. The van der Waals surface area contributed by atoms with Gasteiger partial charge in [-0.25, -0.2) is 14.4 Å². The average molecular weight is 596 g/mol. The summed E-state index contributed by atoms with van der Waals surface area (Å²) in [6.07, 6.45) is 3.50. The Morgan fingerprint density at radius 1 is 1.10 bits per heavy atom. The number of nitrogens with one attached hydrogen (secondary N) is 1. The zero-order chi connectivity index (χ0) is 31.5. The van der Waals surface area contributed by atoms with Gasteiger partial charge in [-0.3, -0.25) is 14.9 Å². The number of carboxylic acid groups (broad SMARTS) is 2. The van der Waals surface area contributed by atoms with Crippen LogP contribution in [0.2, 0.25) is 0 Å². The van der Waals surface area contributed by atoms with Crippen molar-refractivity contribution in [2.75, 3.05) is 26.4 Å². The second-order valence-corrected chi connectivity index (χ2v) is 8.99. The molecule has 0 bridgehead atoms. The Hall–Kier alpha value is -4.53. The number of hydrogen-bond donors (Lipinski definition) is 3. The van der Waals surface area contributed by atoms with Crippen LogP contribution in [-0.2, 0) is 44.7 Å². The lowest BCUT2D eigenvalue weighted by molar-refractivity contribution is -0.757. The molecule has 1 aromatic rings. The number of aliphatic carboxylic acids is 2. The molecule has 2 rings (SSSR count). The number of likely N-dealkylation sites (tertiary alicyclic amines) is 1. The number of rotatable bonds is 16. The van der Waals surface area contributed by atoms with Crippen LogP contribution in [0.15, 0.2) is 42.5 Å². The van der Waals surface area contributed by atoms with Crippen molar-refractivity contribution in [3.05, 3.63) is 58.2 Å². The molecule has 1 amide bonds. The lowest BCUT2D eigenvalue weighted by Crippen LogP contribution is -2.53. The molecule has 3 N–H and O–H groups in total. The second-order valence-electron chi connectivity index (χ2n) is 8.99. The molecule has 1 heterocycles. The summed E-state index contributed by atoms with van der Waals surface area (Å²) in [6.45, 7) is 3.81. The number of carbonyl (C=O) groups is 5. The molecule has 15 heteroatoms. The number of carboxylic acids is 2. The van der Waals surface area contributed by atoms with E-state index in [1.165, 1.54) is 4.90 Å². The molecule has 0 radical (unpaired) electrons. The number of esters is 2. The number of benzene rings is 1. The van der Waals surface area contributed by atoms with E-state index >= 15 is 0 Å². The van der Waals surface area contributed by atoms with Gasteiger partial charge in [-0.15, -0.1) is 10.1 Å². The van der Waals surface area contributed by atoms with Crippen molar-refractivity contribution in [3.63, 3.8) is 0 Å². The fourth-order valence-corrected chi connectivity index (χ4v) is 3.97. The minimum absolute atomic E-state index is 0.0383. The van der Waals surface area contributed by atoms with Gasteiger partial charge < -0.3 is 29.4 Å². The molecule has 0 aliphatic carbocycles. The lowest BCUT2D eigenvalue weighted by atomic mass is 10.0. The van der Waals surface area contributed by atoms with Crippen molar-refractivity contribution in [2.45, 2.75) is 64.1 Å². The molecule has 1 aliphatic heterocycles. The van der Waals surface area contributed by atoms with E-state index in [9.17, 15) is 34.1 Å². The number of nitrogens with zero attached hydrogens (tertiary/aromatic N) is 2. The van der Waals surface area contributed by atoms with Crippen molar-refractivity contribution in [1.82, 2.24) is 10.2 Å². The molecule has 15 nitrogen and oxygen atoms in total. The summed E-state index contributed by atoms with van der Waals surface area (Å²) in [5, 5.41) is 28.0. The van der Waals surface area contributed by atoms with E-state index in [0.29, 0.717) is 44.4 Å². The highest BCUT2D eigenvalue weighted by Crippen LogP contribution is 2.20. The third kappa shape index (κ3) is 14.2. The molecule has 0 saturated carbocycles. The van der Waals surface area contributed by atoms with E-state index in [1.54, 1.807) is 13.8 Å². The first-order valence-corrected chi connectivity index (χ1v) is 13.3. The van der Waals surface area contributed by atoms with Crippen molar-refractivity contribution in [1.29, 1.82) is 0 Å². The smallest absolute Gasteiger partial charge is 0.328 e. The van der Waals surface area contributed by atoms with Crippen LogP contribution >= 0.6 is 0 Å². The van der Waals surface area contributed by atoms with E-state index in [0.717, 1.165) is 5.56 Å². The fraction of sp³-hybridized carbons (Fsp3) is 0.519. The standard InChI is InChI=1S/C23H33N3O8.C4H4O4/c1-3-32-22(28)19(13-12-18-9-5-4-6-10-18)24-17(2)21(27)25-14-7-11-20(25)23(29)33-15-8-16-34-26(30)31;5-3(6)1-2-4(7)8/h4-6,9-10,17,19-20,24H,3,7-8,11-16H2,1-2H3;1-2H,(H,5,6)(H,7,8)/b;2-1-/t17-,19?,20-;/m0./s1. The van der Waals surface area contributed by atoms with E-state index in [4.69, 9.17) is 19.7 Å². The Morgan fingerprint density at radius 3 is 2.31 bits per heavy atom. The summed E-state index contributed by atoms with van der Waals surface area (Å²) >= 11 is 0. The first-order valence-electron chi connectivity index (χ1n) is 13.3. The van der Waals surface area contributed by atoms with Crippen LogP contribution in [0.25, 0.3) is 0 Å². The molecule has 1 aliphatic rings. The summed E-state index contributed by atoms with van der Waals surface area (Å²) in [5.74, 6) is -3.79. The van der Waals surface area contributed by atoms with Crippen LogP contribution in [0, 0.1) is 10.1 Å². The van der Waals surface area contributed by atoms with Gasteiger partial charge in [-0.2, -0.15) is 0 Å². The number of amides is 1. The van der Waals surface area contributed by atoms with Crippen LogP contribution in [0.5, 0.6) is 0 Å². The van der Waals surface area contributed by atoms with Crippen molar-refractivity contribution in [2.24, 2.45) is 0 Å². The van der Waals surface area contributed by atoms with Crippen LogP contribution < -0.4 is 5.32 Å². The molecular weight excluding hydrogens is 558 g/mol. The molecule has 3 atom stereocenters. The predicted molar refractivity (Wildman–Crippen MR) is 145 cm³/mol. The first-order chi connectivity index (χ1) is 20.0. The highest BCUT2D eigenvalue weighted by molar-refractivity contribution is 5.90. The van der Waals surface area contributed by atoms with Gasteiger partial charge in [0, 0.05) is 25.1 Å². The van der Waals surface area contributed by atoms with Gasteiger partial charge in [0.15, 0.2) is 0 Å². The Labute approximate surface area is 242 Å². The Morgan fingerprint density at radius 2 is 1.74 bits per heavy atom. The normalized spacial score (nSPS) is 15.6. The topological polar surface area (TPSA) is 212 Å². The predicted octanol–water partition coefficient (Wildman–Crippen LogP) is 1.37. The average Bonchev–Trinajstić information content (AvgIpc) is 3.44. The molecule has 0 aromatic heterocycles. The third-order valence-corrected chi connectivity index (χ3v) is 5.86. The molecule has 1 aromatic carbocycles. The van der Waals surface area contributed by atoms with E-state index in [-0.39, 0.29) is 32.1 Å². The minimum Gasteiger partial charge on any atom is -0.478 e. The molecule has 42 heavy (non-hydrogen) atoms. The Balaban J connectivity index is 0.000000962. The second kappa shape index (κ2) is 19.5. The van der Waals surface area contributed by atoms with Crippen LogP contribution in [0.4, 0.5) is 0 Å². The number of aryl methyl sites for hydroxylation is 1. The number of hydrogen-bond acceptors (Lipinski definition) is 11. The van der Waals surface area contributed by atoms with Crippen LogP contribution in [-0.4, -0.2) is 94.5 Å². The number of ether oxygens (including phenoxy) is 2. The van der Waals surface area contributed by atoms with Gasteiger partial charge in [0.05, 0.1) is 25.9 Å². The van der Waals surface area contributed by atoms with Crippen molar-refractivity contribution in [3.8, 4) is 0 Å². The maximum Gasteiger partial charge on any atom is 0.328 e. The molecule has 1 saturated heterocycles. The van der Waals surface area contributed by atoms with Gasteiger partial charge in [0.2, 0.25) is 5.91 Å². The zero-order valence-electron chi connectivity index (χ0n) is 23.5. The maximum atomic E-state index is 13.1. The number of carbonyl (C=O) groups excluding carboxylic acids is 3. The Kier molecular flexibility index (Phi) is 16.5. The van der Waals surface area contributed by atoms with Gasteiger partial charge in [-0.05, 0) is 45.1 Å². The van der Waals surface area contributed by atoms with Crippen molar-refractivity contribution < 1.29 is 53.6 Å². The Bertz CT molecular complexity index is 1060. The van der Waals surface area contributed by atoms with E-state index < -0.39 is 47.1 Å². The van der Waals surface area contributed by atoms with Crippen LogP contribution in [0.1, 0.15) is 45.1 Å². The minimum atomic E-state index is -1.26. The SMILES string of the molecule is CCOC(=O)C(CCc1ccccc1)N[C@@H](C)C(=O)N1CCC[C@H]1C(=O)OCCCO[N+](=O)[O-].O=C(O)/C=C\C(=O)O. The quantitative estimate of drug-likeness (QED) is 0.0811. The summed E-state index contributed by atoms with van der Waals surface area (Å²) in [7, 11) is 0. The highest BCUT2D eigenvalue weighted by atomic mass is 16.9. The van der Waals surface area contributed by atoms with E-state index in [2.05, 4.69) is 10.2 Å². The van der Waals surface area contributed by atoms with E-state index in [1.807, 2.05) is 30.3 Å². The lowest BCUT2D eigenvalue weighted by Gasteiger charge is -2.28. The zero-order valence-corrected chi connectivity index (χ0v) is 23.5. The molecule has 1 fully saturated rings. The van der Waals surface area contributed by atoms with Gasteiger partial charge in [-0.1, -0.05) is 30.3 Å². The van der Waals surface area contributed by atoms with Gasteiger partial charge >= 0.3 is 23.9 Å². The van der Waals surface area contributed by atoms with Gasteiger partial charge in [0.1, 0.15) is 12.1 Å². The largest absolute Gasteiger partial charge is 0.478 e. The summed E-state index contributed by atoms with van der Waals surface area (Å²) in [6, 6.07) is 7.61. The highest BCUT2D eigenvalue weighted by Gasteiger charge is 2.38. The fourth-order valence-electron chi connectivity index (χ4n) is 3.97. The first kappa shape index (κ1) is 35.5. The summed E-state index contributed by atoms with van der Waals surface area (Å²) in [4.78, 5) is 73.0. The third-order valence-electron chi connectivity index (χ3n) is 5.86. The molecule has 1 unspecified atom stereocenters. The molecule has 232 valence electrons. The molecular formula is C27H37N3O12. The van der Waals surface area contributed by atoms with Crippen LogP contribution in [0.3, 0.4) is 0 Å². The maximum absolute atomic E-state index is 13.1. The van der Waals surface area contributed by atoms with Gasteiger partial charge in [0.25, 0.3) is 5.09 Å². The summed E-state index contributed by atoms with van der Waals surface area (Å²) < 4.78 is 10.4. The van der Waals surface area contributed by atoms with Crippen molar-refractivity contribution >= 4 is 29.8 Å². The molecule has 0 spiro atoms.